The van der Waals surface area contributed by atoms with Gasteiger partial charge in [0.2, 0.25) is 0 Å². The Morgan fingerprint density at radius 3 is 2.59 bits per heavy atom. The number of hydrogen-bond acceptors (Lipinski definition) is 5. The highest BCUT2D eigenvalue weighted by Crippen LogP contribution is 2.14. The first-order valence-electron chi connectivity index (χ1n) is 6.12. The van der Waals surface area contributed by atoms with Crippen LogP contribution >= 0.6 is 11.3 Å². The minimum Gasteiger partial charge on any atom is -0.384 e. The van der Waals surface area contributed by atoms with Gasteiger partial charge in [-0.1, -0.05) is 20.8 Å². The Kier molecular flexibility index (Phi) is 6.62. The number of nitrogens with zero attached hydrogens (tertiary/aromatic N) is 2. The predicted molar refractivity (Wildman–Crippen MR) is 71.2 cm³/mol. The molecule has 1 N–H and O–H groups in total. The van der Waals surface area contributed by atoms with E-state index < -0.39 is 0 Å². The van der Waals surface area contributed by atoms with E-state index in [1.165, 1.54) is 0 Å². The van der Waals surface area contributed by atoms with Crippen LogP contribution < -0.4 is 5.32 Å². The zero-order valence-electron chi connectivity index (χ0n) is 11.2. The molecular formula is C12H23N3OS. The van der Waals surface area contributed by atoms with Crippen molar-refractivity contribution in [2.45, 2.75) is 33.7 Å². The lowest BCUT2D eigenvalue weighted by atomic mass is 10.1. The minimum absolute atomic E-state index is 0.504. The molecule has 4 nitrogen and oxygen atoms in total. The summed E-state index contributed by atoms with van der Waals surface area (Å²) in [7, 11) is 1.73. The molecule has 5 heteroatoms. The van der Waals surface area contributed by atoms with Crippen molar-refractivity contribution < 1.29 is 4.74 Å². The van der Waals surface area contributed by atoms with Crippen molar-refractivity contribution in [2.24, 2.45) is 11.8 Å². The SMILES string of the molecule is COCC(C)Cc1nnc(CNCC(C)C)s1. The van der Waals surface area contributed by atoms with Crippen LogP contribution in [0.25, 0.3) is 0 Å². The van der Waals surface area contributed by atoms with E-state index in [-0.39, 0.29) is 0 Å². The summed E-state index contributed by atoms with van der Waals surface area (Å²) in [5.41, 5.74) is 0. The van der Waals surface area contributed by atoms with Gasteiger partial charge in [-0.3, -0.25) is 0 Å². The molecule has 0 aromatic carbocycles. The lowest BCUT2D eigenvalue weighted by molar-refractivity contribution is 0.159. The Hall–Kier alpha value is -0.520. The first kappa shape index (κ1) is 14.5. The van der Waals surface area contributed by atoms with Gasteiger partial charge in [-0.05, 0) is 18.4 Å². The van der Waals surface area contributed by atoms with Crippen LogP contribution in [0.15, 0.2) is 0 Å². The monoisotopic (exact) mass is 257 g/mol. The highest BCUT2D eigenvalue weighted by atomic mass is 32.1. The van der Waals surface area contributed by atoms with Crippen molar-refractivity contribution in [2.75, 3.05) is 20.3 Å². The molecule has 0 aliphatic heterocycles. The maximum Gasteiger partial charge on any atom is 0.131 e. The average molecular weight is 257 g/mol. The first-order valence-corrected chi connectivity index (χ1v) is 6.94. The molecule has 0 radical (unpaired) electrons. The average Bonchev–Trinajstić information content (AvgIpc) is 2.65. The van der Waals surface area contributed by atoms with Crippen LogP contribution in [0.5, 0.6) is 0 Å². The van der Waals surface area contributed by atoms with Gasteiger partial charge in [0.15, 0.2) is 0 Å². The summed E-state index contributed by atoms with van der Waals surface area (Å²) in [5, 5.41) is 14.0. The lowest BCUT2D eigenvalue weighted by Gasteiger charge is -2.06. The summed E-state index contributed by atoms with van der Waals surface area (Å²) in [6, 6.07) is 0. The first-order chi connectivity index (χ1) is 8.11. The zero-order chi connectivity index (χ0) is 12.7. The van der Waals surface area contributed by atoms with Crippen LogP contribution in [0, 0.1) is 11.8 Å². The van der Waals surface area contributed by atoms with Crippen LogP contribution in [0.4, 0.5) is 0 Å². The summed E-state index contributed by atoms with van der Waals surface area (Å²) in [6.07, 6.45) is 0.954. The number of rotatable bonds is 8. The van der Waals surface area contributed by atoms with Gasteiger partial charge in [0.05, 0.1) is 0 Å². The maximum atomic E-state index is 5.12. The summed E-state index contributed by atoms with van der Waals surface area (Å²) in [6.45, 7) is 9.20. The third-order valence-corrected chi connectivity index (χ3v) is 3.26. The number of aromatic nitrogens is 2. The summed E-state index contributed by atoms with van der Waals surface area (Å²) < 4.78 is 5.12. The largest absolute Gasteiger partial charge is 0.384 e. The van der Waals surface area contributed by atoms with E-state index in [4.69, 9.17) is 4.74 Å². The Morgan fingerprint density at radius 2 is 1.94 bits per heavy atom. The fourth-order valence-corrected chi connectivity index (χ4v) is 2.53. The van der Waals surface area contributed by atoms with Crippen LogP contribution in [0.2, 0.25) is 0 Å². The highest BCUT2D eigenvalue weighted by molar-refractivity contribution is 7.11. The van der Waals surface area contributed by atoms with Gasteiger partial charge >= 0.3 is 0 Å². The van der Waals surface area contributed by atoms with Crippen LogP contribution in [-0.4, -0.2) is 30.5 Å². The Balaban J connectivity index is 2.32. The van der Waals surface area contributed by atoms with Crippen molar-refractivity contribution >= 4 is 11.3 Å². The standard InChI is InChI=1S/C12H23N3OS/c1-9(2)6-13-7-12-15-14-11(17-12)5-10(3)8-16-4/h9-10,13H,5-8H2,1-4H3. The Morgan fingerprint density at radius 1 is 1.24 bits per heavy atom. The lowest BCUT2D eigenvalue weighted by Crippen LogP contribution is -2.18. The van der Waals surface area contributed by atoms with Crippen molar-refractivity contribution in [1.29, 1.82) is 0 Å². The van der Waals surface area contributed by atoms with Gasteiger partial charge in [0.25, 0.3) is 0 Å². The van der Waals surface area contributed by atoms with Crippen molar-refractivity contribution in [3.63, 3.8) is 0 Å². The van der Waals surface area contributed by atoms with E-state index in [1.807, 2.05) is 0 Å². The molecule has 1 rings (SSSR count). The third kappa shape index (κ3) is 6.10. The van der Waals surface area contributed by atoms with Crippen molar-refractivity contribution in [3.8, 4) is 0 Å². The minimum atomic E-state index is 0.504. The van der Waals surface area contributed by atoms with Gasteiger partial charge in [0, 0.05) is 26.7 Å². The maximum absolute atomic E-state index is 5.12. The highest BCUT2D eigenvalue weighted by Gasteiger charge is 2.08. The van der Waals surface area contributed by atoms with E-state index in [9.17, 15) is 0 Å². The number of nitrogens with one attached hydrogen (secondary N) is 1. The van der Waals surface area contributed by atoms with Crippen LogP contribution in [0.1, 0.15) is 30.8 Å². The topological polar surface area (TPSA) is 47.0 Å². The van der Waals surface area contributed by atoms with Gasteiger partial charge in [0.1, 0.15) is 10.0 Å². The van der Waals surface area contributed by atoms with E-state index in [2.05, 4.69) is 36.3 Å². The molecule has 0 bridgehead atoms. The molecule has 0 spiro atoms. The van der Waals surface area contributed by atoms with Crippen molar-refractivity contribution in [3.05, 3.63) is 10.0 Å². The zero-order valence-corrected chi connectivity index (χ0v) is 12.0. The van der Waals surface area contributed by atoms with Gasteiger partial charge in [-0.2, -0.15) is 0 Å². The quantitative estimate of drug-likeness (QED) is 0.775. The second-order valence-corrected chi connectivity index (χ2v) is 6.03. The molecule has 1 aromatic heterocycles. The fraction of sp³-hybridized carbons (Fsp3) is 0.833. The van der Waals surface area contributed by atoms with Crippen molar-refractivity contribution in [1.82, 2.24) is 15.5 Å². The molecule has 98 valence electrons. The van der Waals surface area contributed by atoms with Crippen LogP contribution in [0.3, 0.4) is 0 Å². The summed E-state index contributed by atoms with van der Waals surface area (Å²) in [4.78, 5) is 0. The molecule has 17 heavy (non-hydrogen) atoms. The molecule has 1 atom stereocenters. The molecule has 0 saturated heterocycles. The normalized spacial score (nSPS) is 13.2. The molecule has 0 aliphatic rings. The molecule has 1 unspecified atom stereocenters. The summed E-state index contributed by atoms with van der Waals surface area (Å²) in [5.74, 6) is 1.17. The van der Waals surface area contributed by atoms with Gasteiger partial charge in [-0.15, -0.1) is 21.5 Å². The third-order valence-electron chi connectivity index (χ3n) is 2.31. The molecular weight excluding hydrogens is 234 g/mol. The van der Waals surface area contributed by atoms with Gasteiger partial charge in [-0.25, -0.2) is 0 Å². The second kappa shape index (κ2) is 7.74. The molecule has 0 saturated carbocycles. The smallest absolute Gasteiger partial charge is 0.131 e. The molecule has 1 aromatic rings. The predicted octanol–water partition coefficient (Wildman–Crippen LogP) is 2.11. The van der Waals surface area contributed by atoms with Crippen LogP contribution in [-0.2, 0) is 17.7 Å². The molecule has 1 heterocycles. The van der Waals surface area contributed by atoms with E-state index in [1.54, 1.807) is 18.4 Å². The second-order valence-electron chi connectivity index (χ2n) is 4.88. The molecule has 0 amide bonds. The van der Waals surface area contributed by atoms with E-state index in [0.717, 1.165) is 36.1 Å². The van der Waals surface area contributed by atoms with E-state index in [0.29, 0.717) is 11.8 Å². The fourth-order valence-electron chi connectivity index (χ4n) is 1.55. The summed E-state index contributed by atoms with van der Waals surface area (Å²) >= 11 is 1.70. The van der Waals surface area contributed by atoms with Gasteiger partial charge < -0.3 is 10.1 Å². The molecule has 0 aliphatic carbocycles. The number of hydrogen-bond donors (Lipinski definition) is 1. The van der Waals surface area contributed by atoms with E-state index >= 15 is 0 Å². The Bertz CT molecular complexity index is 314. The molecule has 0 fully saturated rings. The number of methoxy groups -OCH3 is 1. The number of ether oxygens (including phenoxy) is 1. The Labute approximate surface area is 108 Å².